The molecule has 3 aromatic carbocycles. The molecule has 0 aliphatic carbocycles. The Hall–Kier alpha value is -2.93. The van der Waals surface area contributed by atoms with Crippen molar-refractivity contribution in [1.29, 1.82) is 5.26 Å². The average Bonchev–Trinajstić information content (AvgIpc) is 2.71. The molecule has 0 bridgehead atoms. The van der Waals surface area contributed by atoms with Crippen molar-refractivity contribution >= 4 is 34.9 Å². The first kappa shape index (κ1) is 19.8. The molecular weight excluding hydrogens is 393 g/mol. The molecule has 0 radical (unpaired) electrons. The van der Waals surface area contributed by atoms with Gasteiger partial charge in [-0.1, -0.05) is 65.7 Å². The van der Waals surface area contributed by atoms with Crippen LogP contribution >= 0.6 is 23.2 Å². The van der Waals surface area contributed by atoms with E-state index in [1.807, 2.05) is 54.6 Å². The number of ether oxygens (including phenoxy) is 2. The molecule has 3 rings (SSSR count). The zero-order valence-electron chi connectivity index (χ0n) is 14.9. The second-order valence-corrected chi connectivity index (χ2v) is 6.69. The zero-order chi connectivity index (χ0) is 19.8. The van der Waals surface area contributed by atoms with Gasteiger partial charge in [-0.2, -0.15) is 5.26 Å². The predicted molar refractivity (Wildman–Crippen MR) is 114 cm³/mol. The second-order valence-electron chi connectivity index (χ2n) is 5.84. The van der Waals surface area contributed by atoms with E-state index in [0.717, 1.165) is 11.3 Å². The molecule has 5 heteroatoms. The predicted octanol–water partition coefficient (Wildman–Crippen LogP) is 6.52. The van der Waals surface area contributed by atoms with E-state index in [-0.39, 0.29) is 0 Å². The fourth-order valence-electron chi connectivity index (χ4n) is 2.59. The van der Waals surface area contributed by atoms with E-state index in [2.05, 4.69) is 6.07 Å². The number of hydrogen-bond donors (Lipinski definition) is 0. The minimum Gasteiger partial charge on any atom is -0.490 e. The van der Waals surface area contributed by atoms with Crippen molar-refractivity contribution in [3.05, 3.63) is 94.0 Å². The molecule has 0 amide bonds. The maximum Gasteiger partial charge on any atom is 0.126 e. The molecule has 0 unspecified atom stereocenters. The minimum absolute atomic E-state index is 0.378. The third-order valence-electron chi connectivity index (χ3n) is 3.91. The molecular formula is C23H17Cl2NO2. The highest BCUT2D eigenvalue weighted by Gasteiger charge is 2.09. The first-order valence-corrected chi connectivity index (χ1v) is 9.40. The van der Waals surface area contributed by atoms with Crippen LogP contribution in [0.3, 0.4) is 0 Å². The van der Waals surface area contributed by atoms with Crippen LogP contribution in [0.2, 0.25) is 10.0 Å². The molecule has 0 saturated heterocycles. The number of allylic oxidation sites excluding steroid dienone is 1. The maximum absolute atomic E-state index is 9.59. The molecule has 0 atom stereocenters. The van der Waals surface area contributed by atoms with Gasteiger partial charge in [0, 0.05) is 16.1 Å². The number of nitrogens with zero attached hydrogens (tertiary/aromatic N) is 1. The standard InChI is InChI=1S/C23H17Cl2NO2/c24-19-10-11-21(22(25)15-19)18(16-26)14-17-6-4-5-9-23(17)28-13-12-27-20-7-2-1-3-8-20/h1-11,14-15H,12-13H2/b18-14+. The highest BCUT2D eigenvalue weighted by atomic mass is 35.5. The molecule has 0 fully saturated rings. The number of benzene rings is 3. The SMILES string of the molecule is N#C/C(=C\c1ccccc1OCCOc1ccccc1)c1ccc(Cl)cc1Cl. The van der Waals surface area contributed by atoms with Crippen LogP contribution in [0.1, 0.15) is 11.1 Å². The fourth-order valence-corrected chi connectivity index (χ4v) is 3.10. The van der Waals surface area contributed by atoms with Gasteiger partial charge >= 0.3 is 0 Å². The molecule has 0 heterocycles. The van der Waals surface area contributed by atoms with Crippen molar-refractivity contribution < 1.29 is 9.47 Å². The van der Waals surface area contributed by atoms with Crippen molar-refractivity contribution in [3.63, 3.8) is 0 Å². The number of nitriles is 1. The summed E-state index contributed by atoms with van der Waals surface area (Å²) < 4.78 is 11.5. The Morgan fingerprint density at radius 3 is 2.36 bits per heavy atom. The summed E-state index contributed by atoms with van der Waals surface area (Å²) in [6.45, 7) is 0.791. The Bertz CT molecular complexity index is 1010. The average molecular weight is 410 g/mol. The smallest absolute Gasteiger partial charge is 0.126 e. The van der Waals surface area contributed by atoms with Crippen LogP contribution in [0.4, 0.5) is 0 Å². The van der Waals surface area contributed by atoms with E-state index in [1.54, 1.807) is 24.3 Å². The second kappa shape index (κ2) is 9.85. The zero-order valence-corrected chi connectivity index (χ0v) is 16.5. The van der Waals surface area contributed by atoms with Gasteiger partial charge in [0.1, 0.15) is 24.7 Å². The van der Waals surface area contributed by atoms with Crippen LogP contribution < -0.4 is 9.47 Å². The Morgan fingerprint density at radius 1 is 0.893 bits per heavy atom. The van der Waals surface area contributed by atoms with Crippen LogP contribution in [0, 0.1) is 11.3 Å². The van der Waals surface area contributed by atoms with Crippen molar-refractivity contribution in [2.45, 2.75) is 0 Å². The largest absolute Gasteiger partial charge is 0.490 e. The molecule has 0 aliphatic rings. The van der Waals surface area contributed by atoms with E-state index in [9.17, 15) is 5.26 Å². The van der Waals surface area contributed by atoms with Crippen LogP contribution in [0.25, 0.3) is 11.6 Å². The summed E-state index contributed by atoms with van der Waals surface area (Å²) in [5, 5.41) is 10.5. The van der Waals surface area contributed by atoms with Crippen molar-refractivity contribution in [2.75, 3.05) is 13.2 Å². The quantitative estimate of drug-likeness (QED) is 0.253. The van der Waals surface area contributed by atoms with Gasteiger partial charge in [-0.25, -0.2) is 0 Å². The normalized spacial score (nSPS) is 11.0. The fraction of sp³-hybridized carbons (Fsp3) is 0.0870. The highest BCUT2D eigenvalue weighted by molar-refractivity contribution is 6.36. The number of halogens is 2. The van der Waals surface area contributed by atoms with Crippen LogP contribution in [0.15, 0.2) is 72.8 Å². The summed E-state index contributed by atoms with van der Waals surface area (Å²) in [7, 11) is 0. The summed E-state index contributed by atoms with van der Waals surface area (Å²) in [5.41, 5.74) is 1.83. The summed E-state index contributed by atoms with van der Waals surface area (Å²) >= 11 is 12.2. The summed E-state index contributed by atoms with van der Waals surface area (Å²) in [4.78, 5) is 0. The molecule has 3 nitrogen and oxygen atoms in total. The molecule has 140 valence electrons. The van der Waals surface area contributed by atoms with Gasteiger partial charge in [-0.05, 0) is 36.4 Å². The molecule has 0 aromatic heterocycles. The highest BCUT2D eigenvalue weighted by Crippen LogP contribution is 2.30. The van der Waals surface area contributed by atoms with E-state index in [1.165, 1.54) is 0 Å². The van der Waals surface area contributed by atoms with Gasteiger partial charge in [-0.3, -0.25) is 0 Å². The number of para-hydroxylation sites is 2. The van der Waals surface area contributed by atoms with Gasteiger partial charge < -0.3 is 9.47 Å². The van der Waals surface area contributed by atoms with Gasteiger partial charge in [0.05, 0.1) is 16.7 Å². The first-order valence-electron chi connectivity index (χ1n) is 8.64. The van der Waals surface area contributed by atoms with Crippen molar-refractivity contribution in [2.24, 2.45) is 0 Å². The lowest BCUT2D eigenvalue weighted by atomic mass is 10.0. The van der Waals surface area contributed by atoms with E-state index >= 15 is 0 Å². The lowest BCUT2D eigenvalue weighted by Crippen LogP contribution is -2.09. The van der Waals surface area contributed by atoms with E-state index in [0.29, 0.717) is 40.1 Å². The van der Waals surface area contributed by atoms with E-state index < -0.39 is 0 Å². The summed E-state index contributed by atoms with van der Waals surface area (Å²) in [6, 6.07) is 24.3. The van der Waals surface area contributed by atoms with Gasteiger partial charge in [0.2, 0.25) is 0 Å². The van der Waals surface area contributed by atoms with Crippen LogP contribution in [-0.4, -0.2) is 13.2 Å². The van der Waals surface area contributed by atoms with Crippen molar-refractivity contribution in [3.8, 4) is 17.6 Å². The molecule has 0 N–H and O–H groups in total. The minimum atomic E-state index is 0.378. The Labute approximate surface area is 174 Å². The Morgan fingerprint density at radius 2 is 1.61 bits per heavy atom. The molecule has 0 saturated carbocycles. The first-order chi connectivity index (χ1) is 13.7. The van der Waals surface area contributed by atoms with Crippen LogP contribution in [-0.2, 0) is 0 Å². The molecule has 0 spiro atoms. The maximum atomic E-state index is 9.59. The van der Waals surface area contributed by atoms with Crippen molar-refractivity contribution in [1.82, 2.24) is 0 Å². The number of rotatable bonds is 7. The molecule has 28 heavy (non-hydrogen) atoms. The third kappa shape index (κ3) is 5.29. The topological polar surface area (TPSA) is 42.2 Å². The lowest BCUT2D eigenvalue weighted by molar-refractivity contribution is 0.217. The summed E-state index contributed by atoms with van der Waals surface area (Å²) in [6.07, 6.45) is 1.75. The monoisotopic (exact) mass is 409 g/mol. The Balaban J connectivity index is 1.73. The van der Waals surface area contributed by atoms with Gasteiger partial charge in [-0.15, -0.1) is 0 Å². The Kier molecular flexibility index (Phi) is 6.97. The summed E-state index contributed by atoms with van der Waals surface area (Å²) in [5.74, 6) is 1.46. The van der Waals surface area contributed by atoms with Gasteiger partial charge in [0.15, 0.2) is 0 Å². The lowest BCUT2D eigenvalue weighted by Gasteiger charge is -2.11. The number of hydrogen-bond acceptors (Lipinski definition) is 3. The molecule has 3 aromatic rings. The van der Waals surface area contributed by atoms with Gasteiger partial charge in [0.25, 0.3) is 0 Å². The van der Waals surface area contributed by atoms with E-state index in [4.69, 9.17) is 32.7 Å². The third-order valence-corrected chi connectivity index (χ3v) is 4.46. The van der Waals surface area contributed by atoms with Crippen LogP contribution in [0.5, 0.6) is 11.5 Å². The molecule has 0 aliphatic heterocycles.